The predicted molar refractivity (Wildman–Crippen MR) is 92.8 cm³/mol. The van der Waals surface area contributed by atoms with E-state index < -0.39 is 43.3 Å². The van der Waals surface area contributed by atoms with Crippen LogP contribution in [-0.4, -0.2) is 36.0 Å². The lowest BCUT2D eigenvalue weighted by molar-refractivity contribution is -0.141. The molecule has 8 heteroatoms. The van der Waals surface area contributed by atoms with Gasteiger partial charge < -0.3 is 10.5 Å². The SMILES string of the molecule is CC=COC(=O)C1(S(=O)(=O)C(C)(C)C)C=CC=CC1C[C@H](N)C(=O)F. The maximum absolute atomic E-state index is 13.3. The van der Waals surface area contributed by atoms with Crippen LogP contribution in [0.1, 0.15) is 34.1 Å². The normalized spacial score (nSPS) is 25.1. The number of esters is 1. The number of allylic oxidation sites excluding steroid dienone is 4. The van der Waals surface area contributed by atoms with Crippen molar-refractivity contribution in [3.8, 4) is 0 Å². The molecule has 2 N–H and O–H groups in total. The molecule has 2 unspecified atom stereocenters. The number of nitrogens with two attached hydrogens (primary N) is 1. The number of sulfone groups is 1. The number of carbonyl (C=O) groups excluding carboxylic acids is 2. The third-order valence-corrected chi connectivity index (χ3v) is 7.14. The summed E-state index contributed by atoms with van der Waals surface area (Å²) in [7, 11) is -4.15. The molecular weight excluding hydrogens is 349 g/mol. The Hall–Kier alpha value is -1.80. The zero-order valence-electron chi connectivity index (χ0n) is 14.7. The maximum atomic E-state index is 13.3. The van der Waals surface area contributed by atoms with Crippen molar-refractivity contribution in [1.29, 1.82) is 0 Å². The first kappa shape index (κ1) is 21.2. The number of ether oxygens (including phenoxy) is 1. The molecule has 1 aliphatic rings. The molecule has 25 heavy (non-hydrogen) atoms. The fourth-order valence-electron chi connectivity index (χ4n) is 2.63. The van der Waals surface area contributed by atoms with Gasteiger partial charge in [0.05, 0.1) is 17.1 Å². The Morgan fingerprint density at radius 2 is 1.96 bits per heavy atom. The fourth-order valence-corrected chi connectivity index (χ4v) is 4.74. The van der Waals surface area contributed by atoms with Crippen molar-refractivity contribution in [1.82, 2.24) is 0 Å². The Bertz CT molecular complexity index is 718. The molecule has 0 amide bonds. The van der Waals surface area contributed by atoms with E-state index in [-0.39, 0.29) is 6.42 Å². The summed E-state index contributed by atoms with van der Waals surface area (Å²) >= 11 is 0. The van der Waals surface area contributed by atoms with Crippen LogP contribution in [-0.2, 0) is 24.2 Å². The van der Waals surface area contributed by atoms with Crippen LogP contribution >= 0.6 is 0 Å². The quantitative estimate of drug-likeness (QED) is 0.434. The van der Waals surface area contributed by atoms with Gasteiger partial charge in [-0.2, -0.15) is 4.39 Å². The van der Waals surface area contributed by atoms with E-state index in [1.807, 2.05) is 0 Å². The molecule has 0 radical (unpaired) electrons. The van der Waals surface area contributed by atoms with Gasteiger partial charge in [-0.15, -0.1) is 0 Å². The van der Waals surface area contributed by atoms with Crippen molar-refractivity contribution in [2.45, 2.75) is 49.7 Å². The summed E-state index contributed by atoms with van der Waals surface area (Å²) < 4.78 is 41.1. The molecule has 1 aliphatic carbocycles. The molecule has 140 valence electrons. The van der Waals surface area contributed by atoms with Crippen molar-refractivity contribution in [3.05, 3.63) is 36.6 Å². The molecule has 0 saturated carbocycles. The van der Waals surface area contributed by atoms with Crippen LogP contribution in [0.2, 0.25) is 0 Å². The molecule has 0 saturated heterocycles. The van der Waals surface area contributed by atoms with Gasteiger partial charge in [-0.1, -0.05) is 30.4 Å². The van der Waals surface area contributed by atoms with E-state index in [2.05, 4.69) is 0 Å². The number of hydrogen-bond acceptors (Lipinski definition) is 6. The molecule has 0 fully saturated rings. The summed E-state index contributed by atoms with van der Waals surface area (Å²) in [5.41, 5.74) is 5.48. The van der Waals surface area contributed by atoms with E-state index in [1.54, 1.807) is 6.92 Å². The van der Waals surface area contributed by atoms with Gasteiger partial charge >= 0.3 is 12.0 Å². The molecular formula is C17H24FNO5S. The van der Waals surface area contributed by atoms with Gasteiger partial charge in [0.1, 0.15) is 0 Å². The molecule has 0 spiro atoms. The number of carbonyl (C=O) groups is 2. The van der Waals surface area contributed by atoms with Crippen molar-refractivity contribution < 1.29 is 27.1 Å². The molecule has 0 heterocycles. The highest BCUT2D eigenvalue weighted by Gasteiger charge is 2.59. The van der Waals surface area contributed by atoms with Gasteiger partial charge in [0.2, 0.25) is 0 Å². The first-order valence-electron chi connectivity index (χ1n) is 7.79. The van der Waals surface area contributed by atoms with E-state index in [4.69, 9.17) is 10.5 Å². The largest absolute Gasteiger partial charge is 0.433 e. The highest BCUT2D eigenvalue weighted by molar-refractivity contribution is 7.95. The molecule has 0 aromatic rings. The molecule has 1 rings (SSSR count). The smallest absolute Gasteiger partial charge is 0.336 e. The highest BCUT2D eigenvalue weighted by Crippen LogP contribution is 2.42. The summed E-state index contributed by atoms with van der Waals surface area (Å²) in [5.74, 6) is -2.07. The van der Waals surface area contributed by atoms with Gasteiger partial charge in [-0.05, 0) is 34.1 Å². The van der Waals surface area contributed by atoms with Crippen molar-refractivity contribution in [2.24, 2.45) is 11.7 Å². The van der Waals surface area contributed by atoms with Gasteiger partial charge in [0.15, 0.2) is 14.6 Å². The highest BCUT2D eigenvalue weighted by atomic mass is 32.2. The minimum Gasteiger partial charge on any atom is -0.433 e. The monoisotopic (exact) mass is 373 g/mol. The summed E-state index contributed by atoms with van der Waals surface area (Å²) in [6.07, 6.45) is 7.76. The topological polar surface area (TPSA) is 104 Å². The maximum Gasteiger partial charge on any atom is 0.336 e. The Morgan fingerprint density at radius 1 is 1.36 bits per heavy atom. The van der Waals surface area contributed by atoms with E-state index in [1.165, 1.54) is 51.2 Å². The number of hydrogen-bond donors (Lipinski definition) is 1. The predicted octanol–water partition coefficient (Wildman–Crippen LogP) is 1.97. The van der Waals surface area contributed by atoms with Crippen molar-refractivity contribution in [2.75, 3.05) is 0 Å². The van der Waals surface area contributed by atoms with Crippen LogP contribution in [0.15, 0.2) is 36.6 Å². The fraction of sp³-hybridized carbons (Fsp3) is 0.529. The summed E-state index contributed by atoms with van der Waals surface area (Å²) in [5, 5.41) is 0. The number of halogens is 1. The van der Waals surface area contributed by atoms with Crippen molar-refractivity contribution >= 4 is 21.8 Å². The standard InChI is InChI=1S/C17H24FNO5S/c1-5-10-24-15(21)17(25(22,23)16(2,3)4)9-7-6-8-12(17)11-13(19)14(18)20/h5-10,12-13H,11,19H2,1-4H3/t12?,13-,17?/m0/s1. The molecule has 0 aromatic carbocycles. The third-order valence-electron chi connectivity index (χ3n) is 4.03. The second kappa shape index (κ2) is 7.61. The van der Waals surface area contributed by atoms with E-state index in [0.717, 1.165) is 6.26 Å². The van der Waals surface area contributed by atoms with E-state index in [0.29, 0.717) is 0 Å². The molecule has 0 aliphatic heterocycles. The van der Waals surface area contributed by atoms with Gasteiger partial charge in [-0.3, -0.25) is 4.79 Å². The first-order chi connectivity index (χ1) is 11.4. The van der Waals surface area contributed by atoms with Gasteiger partial charge in [0.25, 0.3) is 0 Å². The molecule has 6 nitrogen and oxygen atoms in total. The summed E-state index contributed by atoms with van der Waals surface area (Å²) in [6, 6.07) is -3.31. The molecule has 0 aromatic heterocycles. The van der Waals surface area contributed by atoms with Gasteiger partial charge in [0, 0.05) is 5.92 Å². The lowest BCUT2D eigenvalue weighted by Crippen LogP contribution is -2.58. The molecule has 3 atom stereocenters. The van der Waals surface area contributed by atoms with Crippen LogP contribution in [0.4, 0.5) is 4.39 Å². The van der Waals surface area contributed by atoms with Crippen LogP contribution in [0.3, 0.4) is 0 Å². The van der Waals surface area contributed by atoms with Crippen LogP contribution in [0.5, 0.6) is 0 Å². The minimum atomic E-state index is -4.15. The summed E-state index contributed by atoms with van der Waals surface area (Å²) in [4.78, 5) is 23.7. The van der Waals surface area contributed by atoms with E-state index >= 15 is 0 Å². The Balaban J connectivity index is 3.58. The third kappa shape index (κ3) is 3.90. The summed E-state index contributed by atoms with van der Waals surface area (Å²) in [6.45, 7) is 5.97. The van der Waals surface area contributed by atoms with Crippen molar-refractivity contribution in [3.63, 3.8) is 0 Å². The van der Waals surface area contributed by atoms with Crippen LogP contribution in [0.25, 0.3) is 0 Å². The van der Waals surface area contributed by atoms with Gasteiger partial charge in [-0.25, -0.2) is 13.2 Å². The first-order valence-corrected chi connectivity index (χ1v) is 9.27. The van der Waals surface area contributed by atoms with E-state index in [9.17, 15) is 22.4 Å². The minimum absolute atomic E-state index is 0.351. The van der Waals surface area contributed by atoms with Crippen LogP contribution in [0, 0.1) is 5.92 Å². The average molecular weight is 373 g/mol. The molecule has 0 bridgehead atoms. The van der Waals surface area contributed by atoms with Crippen LogP contribution < -0.4 is 5.73 Å². The Morgan fingerprint density at radius 3 is 2.44 bits per heavy atom. The number of rotatable bonds is 6. The second-order valence-electron chi connectivity index (χ2n) is 6.78. The zero-order valence-corrected chi connectivity index (χ0v) is 15.5. The Labute approximate surface area is 147 Å². The lowest BCUT2D eigenvalue weighted by Gasteiger charge is -2.40. The second-order valence-corrected chi connectivity index (χ2v) is 9.69. The average Bonchev–Trinajstić information content (AvgIpc) is 2.51. The zero-order chi connectivity index (χ0) is 19.5. The Kier molecular flexibility index (Phi) is 6.47. The lowest BCUT2D eigenvalue weighted by atomic mass is 9.83.